The summed E-state index contributed by atoms with van der Waals surface area (Å²) in [6.07, 6.45) is 1.09. The fourth-order valence-electron chi connectivity index (χ4n) is 2.52. The van der Waals surface area contributed by atoms with Gasteiger partial charge < -0.3 is 10.1 Å². The molecular formula is C19H24N2O4S. The van der Waals surface area contributed by atoms with Gasteiger partial charge in [-0.1, -0.05) is 12.1 Å². The molecular weight excluding hydrogens is 352 g/mol. The first-order valence-electron chi connectivity index (χ1n) is 8.11. The van der Waals surface area contributed by atoms with Gasteiger partial charge in [0, 0.05) is 0 Å². The number of sulfonamides is 1. The summed E-state index contributed by atoms with van der Waals surface area (Å²) in [5, 5.41) is 2.73. The van der Waals surface area contributed by atoms with Crippen molar-refractivity contribution in [3.8, 4) is 5.75 Å². The number of methoxy groups -OCH3 is 1. The number of hydrogen-bond acceptors (Lipinski definition) is 4. The molecule has 0 aliphatic carbocycles. The lowest BCUT2D eigenvalue weighted by Gasteiger charge is -2.23. The summed E-state index contributed by atoms with van der Waals surface area (Å²) >= 11 is 0. The Hall–Kier alpha value is -2.54. The summed E-state index contributed by atoms with van der Waals surface area (Å²) in [5.74, 6) is 0.0681. The third-order valence-electron chi connectivity index (χ3n) is 4.10. The summed E-state index contributed by atoms with van der Waals surface area (Å²) in [6, 6.07) is 10.7. The maximum absolute atomic E-state index is 12.5. The van der Waals surface area contributed by atoms with Crippen molar-refractivity contribution < 1.29 is 17.9 Å². The van der Waals surface area contributed by atoms with Gasteiger partial charge in [-0.3, -0.25) is 9.10 Å². The minimum atomic E-state index is -3.62. The monoisotopic (exact) mass is 376 g/mol. The lowest BCUT2D eigenvalue weighted by molar-refractivity contribution is -0.114. The van der Waals surface area contributed by atoms with Crippen LogP contribution in [0.5, 0.6) is 5.75 Å². The summed E-state index contributed by atoms with van der Waals surface area (Å²) < 4.78 is 30.8. The first-order chi connectivity index (χ1) is 12.1. The lowest BCUT2D eigenvalue weighted by Crippen LogP contribution is -2.37. The molecule has 0 fully saturated rings. The van der Waals surface area contributed by atoms with E-state index in [-0.39, 0.29) is 6.54 Å². The molecule has 0 aromatic heterocycles. The molecule has 0 bridgehead atoms. The average Bonchev–Trinajstić information content (AvgIpc) is 2.54. The van der Waals surface area contributed by atoms with Crippen LogP contribution < -0.4 is 14.4 Å². The van der Waals surface area contributed by atoms with Gasteiger partial charge in [-0.05, 0) is 61.7 Å². The number of amides is 1. The molecule has 0 atom stereocenters. The minimum absolute atomic E-state index is 0.321. The second kappa shape index (κ2) is 7.78. The van der Waals surface area contributed by atoms with E-state index in [1.54, 1.807) is 24.3 Å². The third kappa shape index (κ3) is 4.76. The van der Waals surface area contributed by atoms with Gasteiger partial charge in [0.2, 0.25) is 15.9 Å². The lowest BCUT2D eigenvalue weighted by atomic mass is 10.1. The predicted octanol–water partition coefficient (Wildman–Crippen LogP) is 3.03. The molecule has 0 spiro atoms. The van der Waals surface area contributed by atoms with E-state index in [9.17, 15) is 13.2 Å². The van der Waals surface area contributed by atoms with Crippen molar-refractivity contribution in [1.29, 1.82) is 0 Å². The van der Waals surface area contributed by atoms with Crippen LogP contribution in [0.2, 0.25) is 0 Å². The van der Waals surface area contributed by atoms with Gasteiger partial charge in [-0.2, -0.15) is 0 Å². The van der Waals surface area contributed by atoms with Crippen molar-refractivity contribution >= 4 is 27.3 Å². The van der Waals surface area contributed by atoms with E-state index in [0.717, 1.165) is 27.3 Å². The molecule has 0 heterocycles. The highest BCUT2D eigenvalue weighted by atomic mass is 32.2. The van der Waals surface area contributed by atoms with E-state index in [4.69, 9.17) is 4.74 Å². The van der Waals surface area contributed by atoms with Crippen molar-refractivity contribution in [3.63, 3.8) is 0 Å². The van der Waals surface area contributed by atoms with Crippen LogP contribution >= 0.6 is 0 Å². The molecule has 140 valence electrons. The van der Waals surface area contributed by atoms with Crippen LogP contribution in [-0.2, 0) is 14.8 Å². The summed E-state index contributed by atoms with van der Waals surface area (Å²) in [5.41, 5.74) is 3.93. The van der Waals surface area contributed by atoms with Gasteiger partial charge in [-0.25, -0.2) is 8.42 Å². The Kier molecular flexibility index (Phi) is 5.92. The van der Waals surface area contributed by atoms with Gasteiger partial charge in [-0.15, -0.1) is 0 Å². The molecule has 0 aliphatic rings. The van der Waals surface area contributed by atoms with Crippen LogP contribution in [0, 0.1) is 20.8 Å². The molecule has 0 aliphatic heterocycles. The number of benzene rings is 2. The molecule has 26 heavy (non-hydrogen) atoms. The molecule has 0 saturated heterocycles. The van der Waals surface area contributed by atoms with Gasteiger partial charge in [0.25, 0.3) is 0 Å². The number of ether oxygens (including phenoxy) is 1. The zero-order valence-corrected chi connectivity index (χ0v) is 16.5. The molecule has 0 unspecified atom stereocenters. The summed E-state index contributed by atoms with van der Waals surface area (Å²) in [6.45, 7) is 5.42. The van der Waals surface area contributed by atoms with Gasteiger partial charge in [0.15, 0.2) is 0 Å². The molecule has 0 radical (unpaired) electrons. The van der Waals surface area contributed by atoms with Crippen molar-refractivity contribution in [1.82, 2.24) is 0 Å². The van der Waals surface area contributed by atoms with Crippen molar-refractivity contribution in [3.05, 3.63) is 53.1 Å². The predicted molar refractivity (Wildman–Crippen MR) is 104 cm³/mol. The molecule has 1 amide bonds. The van der Waals surface area contributed by atoms with E-state index in [1.807, 2.05) is 32.9 Å². The highest BCUT2D eigenvalue weighted by molar-refractivity contribution is 7.92. The van der Waals surface area contributed by atoms with E-state index in [1.165, 1.54) is 7.11 Å². The number of aryl methyl sites for hydroxylation is 3. The van der Waals surface area contributed by atoms with Crippen LogP contribution in [0.15, 0.2) is 36.4 Å². The van der Waals surface area contributed by atoms with E-state index in [0.29, 0.717) is 17.1 Å². The van der Waals surface area contributed by atoms with Gasteiger partial charge in [0.05, 0.1) is 24.7 Å². The number of anilines is 2. The fourth-order valence-corrected chi connectivity index (χ4v) is 3.37. The van der Waals surface area contributed by atoms with Crippen LogP contribution in [0.3, 0.4) is 0 Å². The second-order valence-electron chi connectivity index (χ2n) is 6.29. The van der Waals surface area contributed by atoms with Gasteiger partial charge in [0.1, 0.15) is 12.3 Å². The molecule has 0 saturated carbocycles. The van der Waals surface area contributed by atoms with Crippen molar-refractivity contribution in [2.75, 3.05) is 29.5 Å². The fraction of sp³-hybridized carbons (Fsp3) is 0.316. The maximum Gasteiger partial charge on any atom is 0.245 e. The number of nitrogens with zero attached hydrogens (tertiary/aromatic N) is 1. The van der Waals surface area contributed by atoms with Crippen LogP contribution in [-0.4, -0.2) is 34.2 Å². The summed E-state index contributed by atoms with van der Waals surface area (Å²) in [4.78, 5) is 12.5. The largest absolute Gasteiger partial charge is 0.495 e. The molecule has 1 N–H and O–H groups in total. The van der Waals surface area contributed by atoms with Crippen molar-refractivity contribution in [2.24, 2.45) is 0 Å². The second-order valence-corrected chi connectivity index (χ2v) is 8.20. The molecule has 2 aromatic carbocycles. The Labute approximate surface area is 154 Å². The number of nitrogens with one attached hydrogen (secondary N) is 1. The smallest absolute Gasteiger partial charge is 0.245 e. The van der Waals surface area contributed by atoms with Crippen LogP contribution in [0.25, 0.3) is 0 Å². The molecule has 6 nitrogen and oxygen atoms in total. The topological polar surface area (TPSA) is 75.7 Å². The normalized spacial score (nSPS) is 11.1. The van der Waals surface area contributed by atoms with E-state index >= 15 is 0 Å². The first kappa shape index (κ1) is 19.8. The minimum Gasteiger partial charge on any atom is -0.495 e. The number of rotatable bonds is 6. The Balaban J connectivity index is 2.28. The number of carbonyl (C=O) groups is 1. The first-order valence-corrected chi connectivity index (χ1v) is 9.96. The summed E-state index contributed by atoms with van der Waals surface area (Å²) in [7, 11) is -2.11. The SMILES string of the molecule is COc1ccc(C)cc1NC(=O)CN(c1ccc(C)c(C)c1)S(C)(=O)=O. The molecule has 7 heteroatoms. The average molecular weight is 376 g/mol. The quantitative estimate of drug-likeness (QED) is 0.841. The van der Waals surface area contributed by atoms with Crippen LogP contribution in [0.1, 0.15) is 16.7 Å². The number of carbonyl (C=O) groups excluding carboxylic acids is 1. The zero-order chi connectivity index (χ0) is 19.5. The van der Waals surface area contributed by atoms with E-state index in [2.05, 4.69) is 5.32 Å². The molecule has 2 rings (SSSR count). The Morgan fingerprint density at radius 3 is 2.35 bits per heavy atom. The van der Waals surface area contributed by atoms with Crippen molar-refractivity contribution in [2.45, 2.75) is 20.8 Å². The Bertz CT molecular complexity index is 923. The molecule has 2 aromatic rings. The third-order valence-corrected chi connectivity index (χ3v) is 5.24. The number of hydrogen-bond donors (Lipinski definition) is 1. The zero-order valence-electron chi connectivity index (χ0n) is 15.7. The highest BCUT2D eigenvalue weighted by Gasteiger charge is 2.22. The standard InChI is InChI=1S/C19H24N2O4S/c1-13-6-9-18(25-4)17(10-13)20-19(22)12-21(26(5,23)24)16-8-7-14(2)15(3)11-16/h6-11H,12H2,1-5H3,(H,20,22). The van der Waals surface area contributed by atoms with E-state index < -0.39 is 15.9 Å². The highest BCUT2D eigenvalue weighted by Crippen LogP contribution is 2.26. The Morgan fingerprint density at radius 1 is 1.08 bits per heavy atom. The Morgan fingerprint density at radius 2 is 1.77 bits per heavy atom. The van der Waals surface area contributed by atoms with Gasteiger partial charge >= 0.3 is 0 Å². The van der Waals surface area contributed by atoms with Crippen LogP contribution in [0.4, 0.5) is 11.4 Å². The maximum atomic E-state index is 12.5.